The number of fused-ring (bicyclic) bond motifs is 5. The van der Waals surface area contributed by atoms with Crippen molar-refractivity contribution in [1.29, 1.82) is 0 Å². The molecule has 1 N–H and O–H groups in total. The van der Waals surface area contributed by atoms with Crippen LogP contribution in [0.15, 0.2) is 5.16 Å². The summed E-state index contributed by atoms with van der Waals surface area (Å²) in [7, 11) is -1.98. The topological polar surface area (TPSA) is 77.0 Å². The predicted octanol–water partition coefficient (Wildman–Crippen LogP) is 5.51. The van der Waals surface area contributed by atoms with Gasteiger partial charge in [-0.1, -0.05) is 32.9 Å². The lowest BCUT2D eigenvalue weighted by atomic mass is 9.44. The van der Waals surface area contributed by atoms with E-state index in [-0.39, 0.29) is 27.9 Å². The Morgan fingerprint density at radius 3 is 2.53 bits per heavy atom. The zero-order chi connectivity index (χ0) is 25.9. The molecule has 1 heterocycles. The summed E-state index contributed by atoms with van der Waals surface area (Å²) >= 11 is 0. The molecule has 0 spiro atoms. The normalized spacial score (nSPS) is 42.3. The maximum absolute atomic E-state index is 14.0. The molecule has 4 aliphatic carbocycles. The third kappa shape index (κ3) is 4.35. The molecule has 5 aliphatic rings. The van der Waals surface area contributed by atoms with Gasteiger partial charge in [-0.25, -0.2) is 0 Å². The number of carbonyl (C=O) groups excluding carboxylic acids is 2. The smallest absolute Gasteiger partial charge is 0.192 e. The molecule has 36 heavy (non-hydrogen) atoms. The molecular formula is C29H48N2O4Si. The van der Waals surface area contributed by atoms with Crippen LogP contribution >= 0.6 is 0 Å². The summed E-state index contributed by atoms with van der Waals surface area (Å²) in [6.07, 6.45) is 7.99. The average Bonchev–Trinajstić information content (AvgIpc) is 3.44. The first-order chi connectivity index (χ1) is 16.9. The Bertz CT molecular complexity index is 921. The first-order valence-electron chi connectivity index (χ1n) is 14.5. The molecule has 0 aromatic heterocycles. The quantitative estimate of drug-likeness (QED) is 0.385. The Morgan fingerprint density at radius 1 is 1.06 bits per heavy atom. The van der Waals surface area contributed by atoms with Crippen molar-refractivity contribution < 1.29 is 18.9 Å². The van der Waals surface area contributed by atoms with E-state index in [4.69, 9.17) is 9.26 Å². The predicted molar refractivity (Wildman–Crippen MR) is 144 cm³/mol. The lowest BCUT2D eigenvalue weighted by molar-refractivity contribution is -0.160. The zero-order valence-corrected chi connectivity index (χ0v) is 24.5. The summed E-state index contributed by atoms with van der Waals surface area (Å²) in [5.74, 6) is 1.91. The van der Waals surface area contributed by atoms with Crippen molar-refractivity contribution in [2.75, 3.05) is 19.7 Å². The summed E-state index contributed by atoms with van der Waals surface area (Å²) in [6.45, 7) is 16.2. The first kappa shape index (κ1) is 26.5. The Kier molecular flexibility index (Phi) is 6.86. The van der Waals surface area contributed by atoms with Crippen LogP contribution in [0.3, 0.4) is 0 Å². The lowest BCUT2D eigenvalue weighted by Gasteiger charge is -2.60. The third-order valence-electron chi connectivity index (χ3n) is 11.6. The summed E-state index contributed by atoms with van der Waals surface area (Å²) in [5, 5.41) is 8.06. The van der Waals surface area contributed by atoms with Gasteiger partial charge in [-0.05, 0) is 81.0 Å². The van der Waals surface area contributed by atoms with Crippen LogP contribution in [-0.2, 0) is 18.9 Å². The standard InChI is InChI=1S/C29H48N2O4Si/c1-27(2,3)36(5,6)34-18-29-13-9-19(31-35-20-11-14-30-17-20)15-24(29)25(32)16-21-22-7-8-26(33)28(22,4)12-10-23(21)29/h20-24,30H,7-18H2,1-6H3. The summed E-state index contributed by atoms with van der Waals surface area (Å²) in [5.41, 5.74) is 0.690. The molecule has 7 unspecified atom stereocenters. The molecule has 0 amide bonds. The fraction of sp³-hybridized carbons (Fsp3) is 0.897. The number of Topliss-reactive ketones (excluding diaryl/α,β-unsaturated/α-hetero) is 2. The van der Waals surface area contributed by atoms with Gasteiger partial charge in [0.15, 0.2) is 8.32 Å². The van der Waals surface area contributed by atoms with E-state index in [9.17, 15) is 9.59 Å². The molecular weight excluding hydrogens is 468 g/mol. The molecule has 7 atom stereocenters. The number of oxime groups is 1. The summed E-state index contributed by atoms with van der Waals surface area (Å²) in [4.78, 5) is 32.7. The van der Waals surface area contributed by atoms with Crippen molar-refractivity contribution in [2.45, 2.75) is 110 Å². The Hall–Kier alpha value is -1.05. The van der Waals surface area contributed by atoms with Crippen molar-refractivity contribution in [3.8, 4) is 0 Å². The van der Waals surface area contributed by atoms with Gasteiger partial charge in [-0.3, -0.25) is 9.59 Å². The van der Waals surface area contributed by atoms with Gasteiger partial charge in [0.2, 0.25) is 0 Å². The number of carbonyl (C=O) groups is 2. The minimum Gasteiger partial charge on any atom is -0.416 e. The lowest BCUT2D eigenvalue weighted by Crippen LogP contribution is -2.60. The van der Waals surface area contributed by atoms with Crippen molar-refractivity contribution in [1.82, 2.24) is 5.32 Å². The fourth-order valence-corrected chi connectivity index (χ4v) is 9.23. The number of hydrogen-bond acceptors (Lipinski definition) is 6. The number of rotatable bonds is 5. The fourth-order valence-electron chi connectivity index (χ4n) is 8.16. The number of ketones is 2. The molecule has 0 radical (unpaired) electrons. The molecule has 5 fully saturated rings. The number of nitrogens with zero attached hydrogens (tertiary/aromatic N) is 1. The number of nitrogens with one attached hydrogen (secondary N) is 1. The minimum atomic E-state index is -1.98. The van der Waals surface area contributed by atoms with E-state index < -0.39 is 8.32 Å². The second-order valence-corrected chi connectivity index (χ2v) is 19.2. The SMILES string of the molecule is CC12CCC3C(CC(=O)C4CC(=NOC5CCNC5)CCC43CO[Si](C)(C)C(C)(C)C)C1CCC2=O. The molecule has 0 aromatic rings. The van der Waals surface area contributed by atoms with Crippen LogP contribution in [0.5, 0.6) is 0 Å². The van der Waals surface area contributed by atoms with Crippen LogP contribution in [0.1, 0.15) is 85.5 Å². The largest absolute Gasteiger partial charge is 0.416 e. The Balaban J connectivity index is 1.44. The van der Waals surface area contributed by atoms with Gasteiger partial charge in [0.1, 0.15) is 17.7 Å². The van der Waals surface area contributed by atoms with Crippen molar-refractivity contribution in [3.05, 3.63) is 0 Å². The highest BCUT2D eigenvalue weighted by molar-refractivity contribution is 6.74. The van der Waals surface area contributed by atoms with E-state index in [1.807, 2.05) is 0 Å². The molecule has 1 saturated heterocycles. The molecule has 4 saturated carbocycles. The number of hydrogen-bond donors (Lipinski definition) is 1. The monoisotopic (exact) mass is 516 g/mol. The van der Waals surface area contributed by atoms with Gasteiger partial charge in [-0.15, -0.1) is 0 Å². The van der Waals surface area contributed by atoms with Crippen LogP contribution in [0.2, 0.25) is 18.1 Å². The molecule has 7 heteroatoms. The van der Waals surface area contributed by atoms with E-state index in [2.05, 4.69) is 51.3 Å². The highest BCUT2D eigenvalue weighted by Gasteiger charge is 2.64. The zero-order valence-electron chi connectivity index (χ0n) is 23.5. The van der Waals surface area contributed by atoms with Gasteiger partial charge in [-0.2, -0.15) is 0 Å². The molecule has 0 aromatic carbocycles. The van der Waals surface area contributed by atoms with Crippen molar-refractivity contribution in [2.24, 2.45) is 39.7 Å². The second kappa shape index (κ2) is 9.30. The second-order valence-electron chi connectivity index (χ2n) is 14.4. The van der Waals surface area contributed by atoms with E-state index in [0.29, 0.717) is 55.2 Å². The van der Waals surface area contributed by atoms with Crippen LogP contribution in [0.4, 0.5) is 0 Å². The molecule has 5 rings (SSSR count). The average molecular weight is 517 g/mol. The molecule has 1 aliphatic heterocycles. The minimum absolute atomic E-state index is 0.0391. The van der Waals surface area contributed by atoms with Gasteiger partial charge in [0.25, 0.3) is 0 Å². The molecule has 6 nitrogen and oxygen atoms in total. The van der Waals surface area contributed by atoms with Crippen LogP contribution < -0.4 is 5.32 Å². The van der Waals surface area contributed by atoms with Crippen molar-refractivity contribution in [3.63, 3.8) is 0 Å². The van der Waals surface area contributed by atoms with E-state index in [1.165, 1.54) is 0 Å². The van der Waals surface area contributed by atoms with E-state index in [0.717, 1.165) is 57.3 Å². The van der Waals surface area contributed by atoms with E-state index in [1.54, 1.807) is 0 Å². The van der Waals surface area contributed by atoms with Gasteiger partial charge < -0.3 is 14.6 Å². The third-order valence-corrected chi connectivity index (χ3v) is 16.1. The van der Waals surface area contributed by atoms with E-state index >= 15 is 0 Å². The summed E-state index contributed by atoms with van der Waals surface area (Å²) in [6, 6.07) is 0. The van der Waals surface area contributed by atoms with Crippen LogP contribution in [-0.4, -0.2) is 51.4 Å². The van der Waals surface area contributed by atoms with Crippen molar-refractivity contribution >= 4 is 25.6 Å². The van der Waals surface area contributed by atoms with Crippen LogP contribution in [0, 0.1) is 34.5 Å². The Labute approximate surface area is 218 Å². The van der Waals surface area contributed by atoms with Gasteiger partial charge in [0.05, 0.1) is 5.71 Å². The first-order valence-corrected chi connectivity index (χ1v) is 17.4. The Morgan fingerprint density at radius 2 is 1.83 bits per heavy atom. The maximum atomic E-state index is 14.0. The van der Waals surface area contributed by atoms with Gasteiger partial charge in [0, 0.05) is 49.2 Å². The van der Waals surface area contributed by atoms with Gasteiger partial charge >= 0.3 is 0 Å². The van der Waals surface area contributed by atoms with Crippen LogP contribution in [0.25, 0.3) is 0 Å². The summed E-state index contributed by atoms with van der Waals surface area (Å²) < 4.78 is 6.97. The molecule has 0 bridgehead atoms. The molecule has 202 valence electrons. The highest BCUT2D eigenvalue weighted by atomic mass is 28.4. The maximum Gasteiger partial charge on any atom is 0.192 e. The highest BCUT2D eigenvalue weighted by Crippen LogP contribution is 2.65.